The zero-order chi connectivity index (χ0) is 12.8. The number of amidine groups is 1. The van der Waals surface area contributed by atoms with Crippen LogP contribution in [0.15, 0.2) is 9.98 Å². The molecule has 0 radical (unpaired) electrons. The van der Waals surface area contributed by atoms with Gasteiger partial charge in [0.2, 0.25) is 0 Å². The maximum atomic E-state index is 5.52. The van der Waals surface area contributed by atoms with Crippen molar-refractivity contribution >= 4 is 11.5 Å². The highest BCUT2D eigenvalue weighted by molar-refractivity contribution is 6.44. The summed E-state index contributed by atoms with van der Waals surface area (Å²) in [5.74, 6) is 6.24. The number of nitrogens with one attached hydrogen (secondary N) is 1. The fourth-order valence-corrected chi connectivity index (χ4v) is 1.53. The molecule has 0 aromatic heterocycles. The van der Waals surface area contributed by atoms with Crippen LogP contribution in [-0.2, 0) is 0 Å². The van der Waals surface area contributed by atoms with Gasteiger partial charge in [0.15, 0.2) is 11.5 Å². The van der Waals surface area contributed by atoms with Crippen LogP contribution in [0.3, 0.4) is 0 Å². The molecule has 0 saturated heterocycles. The van der Waals surface area contributed by atoms with Gasteiger partial charge in [-0.2, -0.15) is 0 Å². The van der Waals surface area contributed by atoms with Crippen LogP contribution in [0.4, 0.5) is 0 Å². The minimum Gasteiger partial charge on any atom is -0.307 e. The van der Waals surface area contributed by atoms with Crippen LogP contribution in [0, 0.1) is 10.8 Å². The van der Waals surface area contributed by atoms with Gasteiger partial charge in [-0.3, -0.25) is 4.99 Å². The van der Waals surface area contributed by atoms with Crippen molar-refractivity contribution in [3.8, 4) is 0 Å². The molecule has 1 heterocycles. The summed E-state index contributed by atoms with van der Waals surface area (Å²) in [5.41, 5.74) is 3.11. The number of hydrazine groups is 1. The van der Waals surface area contributed by atoms with Gasteiger partial charge in [-0.1, -0.05) is 41.5 Å². The number of rotatable bonds is 0. The van der Waals surface area contributed by atoms with E-state index in [1.165, 1.54) is 0 Å². The SMILES string of the molecule is CC(C)(C)C1=NC(C)(C(C)(C)C)N=C1NN. The number of nitrogens with zero attached hydrogens (tertiary/aromatic N) is 2. The Morgan fingerprint density at radius 2 is 1.56 bits per heavy atom. The van der Waals surface area contributed by atoms with Crippen LogP contribution < -0.4 is 11.3 Å². The summed E-state index contributed by atoms with van der Waals surface area (Å²) in [4.78, 5) is 9.42. The molecule has 4 nitrogen and oxygen atoms in total. The molecule has 16 heavy (non-hydrogen) atoms. The normalized spacial score (nSPS) is 26.5. The van der Waals surface area contributed by atoms with Crippen molar-refractivity contribution in [2.45, 2.75) is 54.1 Å². The molecule has 0 bridgehead atoms. The van der Waals surface area contributed by atoms with E-state index in [0.717, 1.165) is 5.71 Å². The predicted octanol–water partition coefficient (Wildman–Crippen LogP) is 2.11. The Kier molecular flexibility index (Phi) is 2.92. The van der Waals surface area contributed by atoms with E-state index in [-0.39, 0.29) is 10.8 Å². The lowest BCUT2D eigenvalue weighted by molar-refractivity contribution is 0.224. The van der Waals surface area contributed by atoms with Crippen molar-refractivity contribution in [2.75, 3.05) is 0 Å². The lowest BCUT2D eigenvalue weighted by Crippen LogP contribution is -2.40. The molecule has 4 heteroatoms. The second-order valence-corrected chi connectivity index (χ2v) is 6.59. The van der Waals surface area contributed by atoms with E-state index in [9.17, 15) is 0 Å². The summed E-state index contributed by atoms with van der Waals surface area (Å²) in [5, 5.41) is 0. The Hall–Kier alpha value is -0.900. The van der Waals surface area contributed by atoms with E-state index >= 15 is 0 Å². The molecule has 0 saturated carbocycles. The summed E-state index contributed by atoms with van der Waals surface area (Å²) in [6, 6.07) is 0. The summed E-state index contributed by atoms with van der Waals surface area (Å²) in [6.45, 7) is 14.8. The number of hydrogen-bond donors (Lipinski definition) is 2. The van der Waals surface area contributed by atoms with Gasteiger partial charge in [0.05, 0.1) is 5.71 Å². The van der Waals surface area contributed by atoms with Crippen LogP contribution in [0.2, 0.25) is 0 Å². The molecule has 1 aliphatic heterocycles. The van der Waals surface area contributed by atoms with Crippen molar-refractivity contribution in [2.24, 2.45) is 26.7 Å². The van der Waals surface area contributed by atoms with Gasteiger partial charge in [0.25, 0.3) is 0 Å². The van der Waals surface area contributed by atoms with Gasteiger partial charge in [-0.05, 0) is 6.92 Å². The molecule has 0 aliphatic carbocycles. The van der Waals surface area contributed by atoms with Crippen LogP contribution in [0.5, 0.6) is 0 Å². The van der Waals surface area contributed by atoms with E-state index < -0.39 is 5.66 Å². The third-order valence-electron chi connectivity index (χ3n) is 3.15. The topological polar surface area (TPSA) is 62.8 Å². The first-order valence-electron chi connectivity index (χ1n) is 5.68. The molecule has 0 spiro atoms. The molecule has 0 aromatic carbocycles. The summed E-state index contributed by atoms with van der Waals surface area (Å²) >= 11 is 0. The highest BCUT2D eigenvalue weighted by Crippen LogP contribution is 2.39. The maximum Gasteiger partial charge on any atom is 0.159 e. The average molecular weight is 224 g/mol. The molecule has 0 amide bonds. The van der Waals surface area contributed by atoms with Crippen LogP contribution in [0.25, 0.3) is 0 Å². The standard InChI is InChI=1S/C12H24N4/c1-10(2,3)8-9(16-13)15-12(7,14-8)11(4,5)6/h13H2,1-7H3,(H,15,16). The Labute approximate surface area is 98.4 Å². The molecule has 1 aliphatic rings. The smallest absolute Gasteiger partial charge is 0.159 e. The minimum absolute atomic E-state index is 0.0257. The quantitative estimate of drug-likeness (QED) is 0.489. The van der Waals surface area contributed by atoms with Gasteiger partial charge >= 0.3 is 0 Å². The Morgan fingerprint density at radius 3 is 1.81 bits per heavy atom. The second-order valence-electron chi connectivity index (χ2n) is 6.59. The summed E-state index contributed by atoms with van der Waals surface area (Å²) in [7, 11) is 0. The lowest BCUT2D eigenvalue weighted by Gasteiger charge is -2.33. The first-order valence-corrected chi connectivity index (χ1v) is 5.68. The van der Waals surface area contributed by atoms with E-state index in [2.05, 4.69) is 52.0 Å². The first-order chi connectivity index (χ1) is 7.01. The molecule has 0 aromatic rings. The highest BCUT2D eigenvalue weighted by atomic mass is 15.3. The predicted molar refractivity (Wildman–Crippen MR) is 69.5 cm³/mol. The van der Waals surface area contributed by atoms with E-state index in [4.69, 9.17) is 10.8 Å². The lowest BCUT2D eigenvalue weighted by atomic mass is 9.82. The molecular formula is C12H24N4. The molecule has 0 fully saturated rings. The number of nitrogens with two attached hydrogens (primary N) is 1. The fourth-order valence-electron chi connectivity index (χ4n) is 1.53. The van der Waals surface area contributed by atoms with Gasteiger partial charge < -0.3 is 5.43 Å². The molecule has 1 atom stereocenters. The molecular weight excluding hydrogens is 200 g/mol. The van der Waals surface area contributed by atoms with Gasteiger partial charge in [0.1, 0.15) is 0 Å². The molecule has 3 N–H and O–H groups in total. The Morgan fingerprint density at radius 1 is 1.06 bits per heavy atom. The molecule has 92 valence electrons. The molecule has 1 rings (SSSR count). The Bertz CT molecular complexity index is 341. The summed E-state index contributed by atoms with van der Waals surface area (Å²) in [6.07, 6.45) is 0. The van der Waals surface area contributed by atoms with Crippen molar-refractivity contribution in [1.29, 1.82) is 0 Å². The first kappa shape index (κ1) is 13.2. The monoisotopic (exact) mass is 224 g/mol. The average Bonchev–Trinajstić information content (AvgIpc) is 2.42. The van der Waals surface area contributed by atoms with Crippen molar-refractivity contribution in [3.63, 3.8) is 0 Å². The zero-order valence-corrected chi connectivity index (χ0v) is 11.5. The third-order valence-corrected chi connectivity index (χ3v) is 3.15. The maximum absolute atomic E-state index is 5.52. The van der Waals surface area contributed by atoms with E-state index in [1.807, 2.05) is 6.92 Å². The number of hydrogen-bond acceptors (Lipinski definition) is 4. The van der Waals surface area contributed by atoms with Crippen molar-refractivity contribution in [1.82, 2.24) is 5.43 Å². The fraction of sp³-hybridized carbons (Fsp3) is 0.833. The minimum atomic E-state index is -0.433. The largest absolute Gasteiger partial charge is 0.307 e. The molecule has 1 unspecified atom stereocenters. The summed E-state index contributed by atoms with van der Waals surface area (Å²) < 4.78 is 0. The van der Waals surface area contributed by atoms with Gasteiger partial charge in [-0.15, -0.1) is 0 Å². The third kappa shape index (κ3) is 2.12. The van der Waals surface area contributed by atoms with Crippen LogP contribution >= 0.6 is 0 Å². The second kappa shape index (κ2) is 3.55. The van der Waals surface area contributed by atoms with Crippen LogP contribution in [0.1, 0.15) is 48.5 Å². The van der Waals surface area contributed by atoms with Gasteiger partial charge in [0, 0.05) is 10.8 Å². The van der Waals surface area contributed by atoms with Gasteiger partial charge in [-0.25, -0.2) is 10.8 Å². The zero-order valence-electron chi connectivity index (χ0n) is 11.5. The van der Waals surface area contributed by atoms with Crippen molar-refractivity contribution in [3.05, 3.63) is 0 Å². The highest BCUT2D eigenvalue weighted by Gasteiger charge is 2.44. The van der Waals surface area contributed by atoms with Crippen molar-refractivity contribution < 1.29 is 0 Å². The van der Waals surface area contributed by atoms with E-state index in [0.29, 0.717) is 5.84 Å². The van der Waals surface area contributed by atoms with E-state index in [1.54, 1.807) is 0 Å². The number of aliphatic imine (C=N–C) groups is 2. The Balaban J connectivity index is 3.25. The van der Waals surface area contributed by atoms with Crippen LogP contribution in [-0.4, -0.2) is 17.2 Å².